The number of carbonyl (C=O) groups excluding carboxylic acids is 1. The van der Waals surface area contributed by atoms with E-state index in [9.17, 15) is 4.79 Å². The van der Waals surface area contributed by atoms with Gasteiger partial charge in [-0.1, -0.05) is 6.92 Å². The molecule has 132 valence electrons. The van der Waals surface area contributed by atoms with Crippen LogP contribution in [0, 0.1) is 0 Å². The van der Waals surface area contributed by atoms with E-state index in [2.05, 4.69) is 21.8 Å². The van der Waals surface area contributed by atoms with Crippen molar-refractivity contribution in [1.29, 1.82) is 0 Å². The van der Waals surface area contributed by atoms with Gasteiger partial charge in [0.1, 0.15) is 11.9 Å². The van der Waals surface area contributed by atoms with E-state index in [4.69, 9.17) is 4.74 Å². The average molecular weight is 365 g/mol. The molecule has 23 heavy (non-hydrogen) atoms. The minimum atomic E-state index is -0.175. The zero-order chi connectivity index (χ0) is 14.7. The molecular weight excluding hydrogens is 339 g/mol. The summed E-state index contributed by atoms with van der Waals surface area (Å²) in [5, 5.41) is 3.25. The Balaban J connectivity index is 0.00000132. The third-order valence-electron chi connectivity index (χ3n) is 4.39. The van der Waals surface area contributed by atoms with Gasteiger partial charge in [0.2, 0.25) is 5.91 Å². The summed E-state index contributed by atoms with van der Waals surface area (Å²) in [7, 11) is 0. The van der Waals surface area contributed by atoms with Crippen LogP contribution in [-0.2, 0) is 16.0 Å². The molecule has 3 heterocycles. The van der Waals surface area contributed by atoms with Crippen LogP contribution < -0.4 is 5.32 Å². The number of carbonyl (C=O) groups is 1. The van der Waals surface area contributed by atoms with Crippen molar-refractivity contribution in [2.24, 2.45) is 0 Å². The van der Waals surface area contributed by atoms with E-state index >= 15 is 0 Å². The smallest absolute Gasteiger partial charge is 0.242 e. The molecule has 0 aromatic carbocycles. The number of nitrogens with zero attached hydrogens (tertiary/aromatic N) is 3. The Labute approximate surface area is 149 Å². The van der Waals surface area contributed by atoms with E-state index in [1.807, 2.05) is 17.3 Å². The maximum absolute atomic E-state index is 12.6. The van der Waals surface area contributed by atoms with Crippen LogP contribution in [0.4, 0.5) is 0 Å². The third kappa shape index (κ3) is 4.59. The Morgan fingerprint density at radius 2 is 2.30 bits per heavy atom. The number of amides is 1. The number of rotatable bonds is 3. The molecule has 1 N–H and O–H groups in total. The lowest BCUT2D eigenvalue weighted by molar-refractivity contribution is -0.138. The summed E-state index contributed by atoms with van der Waals surface area (Å²) in [6.07, 6.45) is 6.98. The van der Waals surface area contributed by atoms with Crippen LogP contribution in [-0.4, -0.2) is 59.2 Å². The van der Waals surface area contributed by atoms with Crippen molar-refractivity contribution in [2.45, 2.75) is 38.3 Å². The maximum Gasteiger partial charge on any atom is 0.242 e. The molecule has 1 aromatic rings. The first kappa shape index (κ1) is 20.2. The zero-order valence-electron chi connectivity index (χ0n) is 13.4. The van der Waals surface area contributed by atoms with Gasteiger partial charge in [-0.15, -0.1) is 24.8 Å². The summed E-state index contributed by atoms with van der Waals surface area (Å²) < 4.78 is 7.64. The molecule has 8 heteroatoms. The summed E-state index contributed by atoms with van der Waals surface area (Å²) in [6.45, 7) is 5.69. The molecule has 2 atom stereocenters. The number of likely N-dealkylation sites (tertiary alicyclic amines) is 1. The molecule has 0 aliphatic carbocycles. The van der Waals surface area contributed by atoms with E-state index in [-0.39, 0.29) is 36.8 Å². The number of imidazole rings is 1. The SMILES string of the molecule is CCc1nccn1C1CCCN(C(=O)C2COCCN2)C1.Cl.Cl. The number of aromatic nitrogens is 2. The molecule has 1 aromatic heterocycles. The summed E-state index contributed by atoms with van der Waals surface area (Å²) in [6, 6.07) is 0.176. The molecule has 1 amide bonds. The molecule has 0 spiro atoms. The molecule has 2 aliphatic heterocycles. The van der Waals surface area contributed by atoms with Crippen LogP contribution in [0.25, 0.3) is 0 Å². The minimum absolute atomic E-state index is 0. The summed E-state index contributed by atoms with van der Waals surface area (Å²) in [5.41, 5.74) is 0. The van der Waals surface area contributed by atoms with Gasteiger partial charge in [-0.25, -0.2) is 4.98 Å². The quantitative estimate of drug-likeness (QED) is 0.881. The largest absolute Gasteiger partial charge is 0.378 e. The highest BCUT2D eigenvalue weighted by Gasteiger charge is 2.31. The van der Waals surface area contributed by atoms with Gasteiger partial charge in [0.05, 0.1) is 19.3 Å². The first-order chi connectivity index (χ1) is 10.3. The van der Waals surface area contributed by atoms with E-state index in [0.29, 0.717) is 19.3 Å². The Morgan fingerprint density at radius 3 is 3.00 bits per heavy atom. The predicted molar refractivity (Wildman–Crippen MR) is 93.6 cm³/mol. The highest BCUT2D eigenvalue weighted by Crippen LogP contribution is 2.23. The summed E-state index contributed by atoms with van der Waals surface area (Å²) in [4.78, 5) is 19.0. The lowest BCUT2D eigenvalue weighted by Gasteiger charge is -2.36. The molecule has 3 rings (SSSR count). The van der Waals surface area contributed by atoms with E-state index < -0.39 is 0 Å². The zero-order valence-corrected chi connectivity index (χ0v) is 15.1. The van der Waals surface area contributed by atoms with Gasteiger partial charge in [-0.3, -0.25) is 4.79 Å². The van der Waals surface area contributed by atoms with Gasteiger partial charge in [0.25, 0.3) is 0 Å². The molecular formula is C15H26Cl2N4O2. The van der Waals surface area contributed by atoms with Crippen molar-refractivity contribution < 1.29 is 9.53 Å². The Kier molecular flexibility index (Phi) is 8.33. The first-order valence-corrected chi connectivity index (χ1v) is 7.91. The van der Waals surface area contributed by atoms with Crippen molar-refractivity contribution in [1.82, 2.24) is 19.8 Å². The molecule has 6 nitrogen and oxygen atoms in total. The van der Waals surface area contributed by atoms with Crippen molar-refractivity contribution in [2.75, 3.05) is 32.8 Å². The fraction of sp³-hybridized carbons (Fsp3) is 0.733. The number of morpholine rings is 1. The number of nitrogens with one attached hydrogen (secondary N) is 1. The van der Waals surface area contributed by atoms with E-state index in [1.165, 1.54) is 0 Å². The number of hydrogen-bond donors (Lipinski definition) is 1. The topological polar surface area (TPSA) is 59.4 Å². The minimum Gasteiger partial charge on any atom is -0.378 e. The Bertz CT molecular complexity index is 492. The van der Waals surface area contributed by atoms with Crippen LogP contribution >= 0.6 is 24.8 Å². The van der Waals surface area contributed by atoms with Crippen LogP contribution in [0.2, 0.25) is 0 Å². The second-order valence-electron chi connectivity index (χ2n) is 5.77. The van der Waals surface area contributed by atoms with Gasteiger partial charge in [0.15, 0.2) is 0 Å². The number of hydrogen-bond acceptors (Lipinski definition) is 4. The Hall–Kier alpha value is -0.820. The highest BCUT2D eigenvalue weighted by atomic mass is 35.5. The molecule has 2 fully saturated rings. The molecule has 2 aliphatic rings. The molecule has 2 saturated heterocycles. The van der Waals surface area contributed by atoms with Crippen molar-refractivity contribution >= 4 is 30.7 Å². The maximum atomic E-state index is 12.6. The third-order valence-corrected chi connectivity index (χ3v) is 4.39. The molecule has 0 saturated carbocycles. The molecule has 0 radical (unpaired) electrons. The highest BCUT2D eigenvalue weighted by molar-refractivity contribution is 5.85. The molecule has 0 bridgehead atoms. The number of aryl methyl sites for hydroxylation is 1. The monoisotopic (exact) mass is 364 g/mol. The second-order valence-corrected chi connectivity index (χ2v) is 5.77. The fourth-order valence-corrected chi connectivity index (χ4v) is 3.28. The van der Waals surface area contributed by atoms with Crippen LogP contribution in [0.5, 0.6) is 0 Å². The standard InChI is InChI=1S/C15H24N4O2.2ClH/c1-2-14-17-5-8-19(14)12-4-3-7-18(10-12)15(20)13-11-21-9-6-16-13;;/h5,8,12-13,16H,2-4,6-7,9-11H2,1H3;2*1H. The Morgan fingerprint density at radius 1 is 1.48 bits per heavy atom. The summed E-state index contributed by atoms with van der Waals surface area (Å²) in [5.74, 6) is 1.28. The summed E-state index contributed by atoms with van der Waals surface area (Å²) >= 11 is 0. The van der Waals surface area contributed by atoms with Crippen LogP contribution in [0.15, 0.2) is 12.4 Å². The fourth-order valence-electron chi connectivity index (χ4n) is 3.28. The molecule has 2 unspecified atom stereocenters. The van der Waals surface area contributed by atoms with E-state index in [1.54, 1.807) is 0 Å². The van der Waals surface area contributed by atoms with Gasteiger partial charge < -0.3 is 19.5 Å². The van der Waals surface area contributed by atoms with Gasteiger partial charge in [0, 0.05) is 38.4 Å². The normalized spacial score (nSPS) is 24.5. The number of ether oxygens (including phenoxy) is 1. The van der Waals surface area contributed by atoms with E-state index in [0.717, 1.165) is 44.7 Å². The van der Waals surface area contributed by atoms with Gasteiger partial charge >= 0.3 is 0 Å². The average Bonchev–Trinajstić information content (AvgIpc) is 3.04. The lowest BCUT2D eigenvalue weighted by Crippen LogP contribution is -2.54. The van der Waals surface area contributed by atoms with Crippen molar-refractivity contribution in [3.05, 3.63) is 18.2 Å². The van der Waals surface area contributed by atoms with Gasteiger partial charge in [-0.2, -0.15) is 0 Å². The van der Waals surface area contributed by atoms with Crippen molar-refractivity contribution in [3.8, 4) is 0 Å². The lowest BCUT2D eigenvalue weighted by atomic mass is 10.0. The first-order valence-electron chi connectivity index (χ1n) is 7.91. The van der Waals surface area contributed by atoms with Crippen molar-refractivity contribution in [3.63, 3.8) is 0 Å². The van der Waals surface area contributed by atoms with Crippen LogP contribution in [0.3, 0.4) is 0 Å². The van der Waals surface area contributed by atoms with Gasteiger partial charge in [-0.05, 0) is 12.8 Å². The number of piperidine rings is 1. The number of halogens is 2. The second kappa shape index (κ2) is 9.47. The van der Waals surface area contributed by atoms with Crippen LogP contribution in [0.1, 0.15) is 31.6 Å². The predicted octanol–water partition coefficient (Wildman–Crippen LogP) is 1.44.